The van der Waals surface area contributed by atoms with Gasteiger partial charge in [-0.1, -0.05) is 41.4 Å². The second-order valence-electron chi connectivity index (χ2n) is 6.85. The number of hydrogen-bond acceptors (Lipinski definition) is 3. The summed E-state index contributed by atoms with van der Waals surface area (Å²) in [7, 11) is 0. The minimum atomic E-state index is -0.193. The number of carbonyl (C=O) groups excluding carboxylic acids is 2. The lowest BCUT2D eigenvalue weighted by atomic mass is 10.1. The first-order chi connectivity index (χ1) is 14.0. The Bertz CT molecular complexity index is 1030. The highest BCUT2D eigenvalue weighted by Gasteiger charge is 2.33. The van der Waals surface area contributed by atoms with E-state index in [1.807, 2.05) is 60.4 Å². The summed E-state index contributed by atoms with van der Waals surface area (Å²) >= 11 is 7.47. The van der Waals surface area contributed by atoms with Gasteiger partial charge in [-0.2, -0.15) is 0 Å². The first-order valence-electron chi connectivity index (χ1n) is 9.18. The zero-order valence-electron chi connectivity index (χ0n) is 15.8. The Balaban J connectivity index is 1.50. The van der Waals surface area contributed by atoms with Crippen LogP contribution in [0.5, 0.6) is 0 Å². The molecule has 0 radical (unpaired) electrons. The molecule has 1 saturated heterocycles. The normalized spacial score (nSPS) is 16.1. The number of rotatable bonds is 4. The molecule has 0 aromatic heterocycles. The minimum absolute atomic E-state index is 0.0776. The molecule has 3 aromatic rings. The van der Waals surface area contributed by atoms with E-state index in [1.165, 1.54) is 0 Å². The standard InChI is InChI=1S/C23H19ClN2O2S/c1-15-2-12-20(13-3-15)26-21(27)14-29-23(26)17-6-10-19(11-7-17)25-22(28)16-4-8-18(24)9-5-16/h2-13,23H,14H2,1H3,(H,25,28)/t23-/m0/s1. The molecule has 0 spiro atoms. The lowest BCUT2D eigenvalue weighted by Crippen LogP contribution is -2.27. The number of nitrogens with one attached hydrogen (secondary N) is 1. The summed E-state index contributed by atoms with van der Waals surface area (Å²) in [5, 5.41) is 3.40. The molecule has 29 heavy (non-hydrogen) atoms. The van der Waals surface area contributed by atoms with Crippen molar-refractivity contribution in [3.05, 3.63) is 94.5 Å². The van der Waals surface area contributed by atoms with Crippen molar-refractivity contribution in [1.82, 2.24) is 0 Å². The topological polar surface area (TPSA) is 49.4 Å². The molecule has 4 nitrogen and oxygen atoms in total. The third-order valence-electron chi connectivity index (χ3n) is 4.74. The Morgan fingerprint density at radius 1 is 1.00 bits per heavy atom. The molecule has 0 aliphatic carbocycles. The molecule has 3 aromatic carbocycles. The van der Waals surface area contributed by atoms with Crippen LogP contribution in [0.15, 0.2) is 72.8 Å². The number of anilines is 2. The second kappa shape index (κ2) is 8.31. The van der Waals surface area contributed by atoms with Gasteiger partial charge in [0.2, 0.25) is 5.91 Å². The fraction of sp³-hybridized carbons (Fsp3) is 0.130. The maximum Gasteiger partial charge on any atom is 0.255 e. The van der Waals surface area contributed by atoms with Crippen molar-refractivity contribution in [3.63, 3.8) is 0 Å². The van der Waals surface area contributed by atoms with Gasteiger partial charge < -0.3 is 5.32 Å². The van der Waals surface area contributed by atoms with E-state index < -0.39 is 0 Å². The number of nitrogens with zero attached hydrogens (tertiary/aromatic N) is 1. The Kier molecular flexibility index (Phi) is 5.60. The van der Waals surface area contributed by atoms with E-state index >= 15 is 0 Å². The predicted molar refractivity (Wildman–Crippen MR) is 120 cm³/mol. The van der Waals surface area contributed by atoms with E-state index in [1.54, 1.807) is 36.0 Å². The maximum atomic E-state index is 12.5. The van der Waals surface area contributed by atoms with Crippen LogP contribution in [0.25, 0.3) is 0 Å². The van der Waals surface area contributed by atoms with Crippen molar-refractivity contribution >= 4 is 46.6 Å². The molecule has 4 rings (SSSR count). The van der Waals surface area contributed by atoms with Crippen LogP contribution in [0, 0.1) is 6.92 Å². The molecule has 1 atom stereocenters. The zero-order chi connectivity index (χ0) is 20.4. The van der Waals surface area contributed by atoms with Crippen LogP contribution in [0.3, 0.4) is 0 Å². The van der Waals surface area contributed by atoms with Gasteiger partial charge in [-0.25, -0.2) is 0 Å². The Morgan fingerprint density at radius 3 is 2.31 bits per heavy atom. The molecule has 1 fully saturated rings. The van der Waals surface area contributed by atoms with E-state index in [0.717, 1.165) is 16.8 Å². The monoisotopic (exact) mass is 422 g/mol. The van der Waals surface area contributed by atoms with Crippen LogP contribution < -0.4 is 10.2 Å². The lowest BCUT2D eigenvalue weighted by Gasteiger charge is -2.24. The van der Waals surface area contributed by atoms with Gasteiger partial charge in [0, 0.05) is 22.0 Å². The molecule has 6 heteroatoms. The van der Waals surface area contributed by atoms with Gasteiger partial charge in [0.15, 0.2) is 0 Å². The Labute approximate surface area is 178 Å². The van der Waals surface area contributed by atoms with Crippen molar-refractivity contribution in [2.75, 3.05) is 16.0 Å². The number of thioether (sulfide) groups is 1. The highest BCUT2D eigenvalue weighted by molar-refractivity contribution is 8.00. The fourth-order valence-electron chi connectivity index (χ4n) is 3.19. The number of aryl methyl sites for hydroxylation is 1. The van der Waals surface area contributed by atoms with Gasteiger partial charge in [-0.15, -0.1) is 11.8 Å². The molecule has 0 unspecified atom stereocenters. The van der Waals surface area contributed by atoms with E-state index in [9.17, 15) is 9.59 Å². The van der Waals surface area contributed by atoms with E-state index in [-0.39, 0.29) is 17.2 Å². The first-order valence-corrected chi connectivity index (χ1v) is 10.6. The summed E-state index contributed by atoms with van der Waals surface area (Å²) in [5.74, 6) is 0.359. The molecule has 146 valence electrons. The van der Waals surface area contributed by atoms with Gasteiger partial charge >= 0.3 is 0 Å². The van der Waals surface area contributed by atoms with Crippen molar-refractivity contribution in [2.45, 2.75) is 12.3 Å². The molecule has 0 bridgehead atoms. The average Bonchev–Trinajstić information content (AvgIpc) is 3.11. The zero-order valence-corrected chi connectivity index (χ0v) is 17.3. The molecule has 1 aliphatic heterocycles. The Hall–Kier alpha value is -2.76. The Morgan fingerprint density at radius 2 is 1.66 bits per heavy atom. The number of halogens is 1. The highest BCUT2D eigenvalue weighted by Crippen LogP contribution is 2.41. The van der Waals surface area contributed by atoms with Gasteiger partial charge in [0.05, 0.1) is 5.75 Å². The van der Waals surface area contributed by atoms with Crippen LogP contribution in [0.1, 0.15) is 26.9 Å². The molecule has 0 saturated carbocycles. The molecule has 1 aliphatic rings. The molecular formula is C23H19ClN2O2S. The number of hydrogen-bond donors (Lipinski definition) is 1. The van der Waals surface area contributed by atoms with Crippen LogP contribution in [0.2, 0.25) is 5.02 Å². The molecular weight excluding hydrogens is 404 g/mol. The summed E-state index contributed by atoms with van der Waals surface area (Å²) in [6.07, 6.45) is 0. The predicted octanol–water partition coefficient (Wildman–Crippen LogP) is 5.68. The van der Waals surface area contributed by atoms with Crippen molar-refractivity contribution in [3.8, 4) is 0 Å². The van der Waals surface area contributed by atoms with Gasteiger partial charge in [-0.3, -0.25) is 14.5 Å². The number of benzene rings is 3. The lowest BCUT2D eigenvalue weighted by molar-refractivity contribution is -0.115. The van der Waals surface area contributed by atoms with E-state index in [2.05, 4.69) is 5.32 Å². The van der Waals surface area contributed by atoms with Crippen LogP contribution >= 0.6 is 23.4 Å². The SMILES string of the molecule is Cc1ccc(N2C(=O)CS[C@H]2c2ccc(NC(=O)c3ccc(Cl)cc3)cc2)cc1. The van der Waals surface area contributed by atoms with Gasteiger partial charge in [-0.05, 0) is 61.0 Å². The molecule has 2 amide bonds. The van der Waals surface area contributed by atoms with E-state index in [4.69, 9.17) is 11.6 Å². The number of carbonyl (C=O) groups is 2. The third kappa shape index (κ3) is 4.31. The van der Waals surface area contributed by atoms with E-state index in [0.29, 0.717) is 22.0 Å². The molecule has 1 heterocycles. The van der Waals surface area contributed by atoms with Crippen LogP contribution in [0.4, 0.5) is 11.4 Å². The van der Waals surface area contributed by atoms with Crippen LogP contribution in [-0.4, -0.2) is 17.6 Å². The van der Waals surface area contributed by atoms with Crippen molar-refractivity contribution < 1.29 is 9.59 Å². The summed E-state index contributed by atoms with van der Waals surface area (Å²) in [6, 6.07) is 22.4. The summed E-state index contributed by atoms with van der Waals surface area (Å²) < 4.78 is 0. The smallest absolute Gasteiger partial charge is 0.255 e. The first kappa shape index (κ1) is 19.6. The fourth-order valence-corrected chi connectivity index (χ4v) is 4.49. The summed E-state index contributed by atoms with van der Waals surface area (Å²) in [6.45, 7) is 2.03. The minimum Gasteiger partial charge on any atom is -0.322 e. The van der Waals surface area contributed by atoms with Crippen molar-refractivity contribution in [2.24, 2.45) is 0 Å². The molecule has 1 N–H and O–H groups in total. The average molecular weight is 423 g/mol. The summed E-state index contributed by atoms with van der Waals surface area (Å²) in [4.78, 5) is 26.7. The largest absolute Gasteiger partial charge is 0.322 e. The van der Waals surface area contributed by atoms with Gasteiger partial charge in [0.1, 0.15) is 5.37 Å². The third-order valence-corrected chi connectivity index (χ3v) is 6.20. The quantitative estimate of drug-likeness (QED) is 0.588. The van der Waals surface area contributed by atoms with Gasteiger partial charge in [0.25, 0.3) is 5.91 Å². The van der Waals surface area contributed by atoms with Crippen LogP contribution in [-0.2, 0) is 4.79 Å². The number of amides is 2. The second-order valence-corrected chi connectivity index (χ2v) is 8.35. The highest BCUT2D eigenvalue weighted by atomic mass is 35.5. The van der Waals surface area contributed by atoms with Crippen molar-refractivity contribution in [1.29, 1.82) is 0 Å². The maximum absolute atomic E-state index is 12.5. The summed E-state index contributed by atoms with van der Waals surface area (Å²) in [5.41, 5.74) is 4.32.